The summed E-state index contributed by atoms with van der Waals surface area (Å²) >= 11 is 0. The Morgan fingerprint density at radius 1 is 1.13 bits per heavy atom. The number of guanidine groups is 1. The summed E-state index contributed by atoms with van der Waals surface area (Å²) in [4.78, 5) is 7.15. The number of hydrogen-bond acceptors (Lipinski definition) is 3. The maximum Gasteiger partial charge on any atom is 0.191 e. The Morgan fingerprint density at radius 2 is 1.80 bits per heavy atom. The minimum Gasteiger partial charge on any atom is -0.375 e. The first-order valence-electron chi connectivity index (χ1n) is 10.3. The molecule has 1 aliphatic rings. The van der Waals surface area contributed by atoms with Gasteiger partial charge < -0.3 is 20.3 Å². The number of ether oxygens (including phenoxy) is 1. The van der Waals surface area contributed by atoms with Crippen molar-refractivity contribution in [1.82, 2.24) is 10.6 Å². The number of halogens is 2. The van der Waals surface area contributed by atoms with Crippen molar-refractivity contribution in [1.29, 1.82) is 0 Å². The molecule has 30 heavy (non-hydrogen) atoms. The summed E-state index contributed by atoms with van der Waals surface area (Å²) < 4.78 is 18.7. The zero-order valence-corrected chi connectivity index (χ0v) is 20.0. The summed E-state index contributed by atoms with van der Waals surface area (Å²) in [5.41, 5.74) is 2.21. The van der Waals surface area contributed by atoms with E-state index in [0.29, 0.717) is 12.6 Å². The fourth-order valence-electron chi connectivity index (χ4n) is 3.60. The highest BCUT2D eigenvalue weighted by Crippen LogP contribution is 2.20. The quantitative estimate of drug-likeness (QED) is 0.320. The Labute approximate surface area is 196 Å². The molecule has 0 aliphatic carbocycles. The molecule has 5 nitrogen and oxygen atoms in total. The molecule has 0 saturated carbocycles. The van der Waals surface area contributed by atoms with Gasteiger partial charge in [0.1, 0.15) is 11.9 Å². The third kappa shape index (κ3) is 7.12. The molecule has 7 heteroatoms. The number of benzene rings is 2. The minimum absolute atomic E-state index is 0. The van der Waals surface area contributed by atoms with Gasteiger partial charge in [-0.15, -0.1) is 24.0 Å². The molecule has 2 N–H and O–H groups in total. The van der Waals surface area contributed by atoms with Gasteiger partial charge in [0.2, 0.25) is 0 Å². The topological polar surface area (TPSA) is 48.9 Å². The van der Waals surface area contributed by atoms with Crippen LogP contribution in [0.3, 0.4) is 0 Å². The Kier molecular flexibility index (Phi) is 10.4. The number of piperidine rings is 1. The zero-order valence-electron chi connectivity index (χ0n) is 17.7. The maximum atomic E-state index is 13.2. The van der Waals surface area contributed by atoms with E-state index in [2.05, 4.69) is 52.8 Å². The zero-order chi connectivity index (χ0) is 20.5. The largest absolute Gasteiger partial charge is 0.375 e. The van der Waals surface area contributed by atoms with Crippen LogP contribution in [0.4, 0.5) is 10.1 Å². The number of hydrogen-bond donors (Lipinski definition) is 2. The smallest absolute Gasteiger partial charge is 0.191 e. The number of para-hydroxylation sites is 1. The average Bonchev–Trinajstić information content (AvgIpc) is 2.76. The summed E-state index contributed by atoms with van der Waals surface area (Å²) in [6, 6.07) is 17.3. The predicted octanol–water partition coefficient (Wildman–Crippen LogP) is 4.36. The van der Waals surface area contributed by atoms with Gasteiger partial charge in [-0.25, -0.2) is 4.39 Å². The SMILES string of the molecule is CCNC(=NCC(OC)c1ccc(F)cc1)NC1CCN(c2ccccc2)CC1.I. The lowest BCUT2D eigenvalue weighted by molar-refractivity contribution is 0.111. The van der Waals surface area contributed by atoms with Crippen molar-refractivity contribution >= 4 is 35.6 Å². The van der Waals surface area contributed by atoms with Crippen LogP contribution in [0, 0.1) is 5.82 Å². The molecule has 1 unspecified atom stereocenters. The van der Waals surface area contributed by atoms with Crippen molar-refractivity contribution in [3.63, 3.8) is 0 Å². The molecule has 1 heterocycles. The summed E-state index contributed by atoms with van der Waals surface area (Å²) in [7, 11) is 1.66. The third-order valence-corrected chi connectivity index (χ3v) is 5.24. The standard InChI is InChI=1S/C23H31FN4O.HI/c1-3-25-23(26-17-22(29-2)18-9-11-19(24)12-10-18)27-20-13-15-28(16-14-20)21-7-5-4-6-8-21;/h4-12,20,22H,3,13-17H2,1-2H3,(H2,25,26,27);1H. The lowest BCUT2D eigenvalue weighted by atomic mass is 10.0. The molecule has 164 valence electrons. The number of aliphatic imine (C=N–C) groups is 1. The van der Waals surface area contributed by atoms with E-state index in [0.717, 1.165) is 44.0 Å². The van der Waals surface area contributed by atoms with Crippen LogP contribution in [-0.2, 0) is 4.74 Å². The van der Waals surface area contributed by atoms with E-state index in [9.17, 15) is 4.39 Å². The lowest BCUT2D eigenvalue weighted by Crippen LogP contribution is -2.48. The predicted molar refractivity (Wildman–Crippen MR) is 132 cm³/mol. The molecule has 2 aromatic carbocycles. The van der Waals surface area contributed by atoms with Crippen LogP contribution in [0.5, 0.6) is 0 Å². The summed E-state index contributed by atoms with van der Waals surface area (Å²) in [6.07, 6.45) is 1.92. The monoisotopic (exact) mass is 526 g/mol. The van der Waals surface area contributed by atoms with Crippen molar-refractivity contribution in [2.75, 3.05) is 38.2 Å². The molecule has 1 fully saturated rings. The normalized spacial score (nSPS) is 16.0. The van der Waals surface area contributed by atoms with E-state index < -0.39 is 0 Å². The molecule has 0 radical (unpaired) electrons. The van der Waals surface area contributed by atoms with Crippen LogP contribution < -0.4 is 15.5 Å². The van der Waals surface area contributed by atoms with Crippen molar-refractivity contribution in [3.05, 3.63) is 66.0 Å². The molecule has 1 saturated heterocycles. The molecule has 0 amide bonds. The van der Waals surface area contributed by atoms with E-state index in [1.165, 1.54) is 17.8 Å². The average molecular weight is 526 g/mol. The van der Waals surface area contributed by atoms with Gasteiger partial charge in [-0.1, -0.05) is 30.3 Å². The molecule has 3 rings (SSSR count). The molecule has 1 aliphatic heterocycles. The Balaban J connectivity index is 0.00000320. The van der Waals surface area contributed by atoms with E-state index >= 15 is 0 Å². The molecule has 1 atom stereocenters. The minimum atomic E-state index is -0.246. The number of rotatable bonds is 7. The first kappa shape index (κ1) is 24.4. The van der Waals surface area contributed by atoms with Gasteiger partial charge in [0.05, 0.1) is 6.54 Å². The highest BCUT2D eigenvalue weighted by Gasteiger charge is 2.20. The van der Waals surface area contributed by atoms with Gasteiger partial charge in [-0.3, -0.25) is 4.99 Å². The van der Waals surface area contributed by atoms with Gasteiger partial charge in [0.15, 0.2) is 5.96 Å². The fourth-order valence-corrected chi connectivity index (χ4v) is 3.60. The molecular formula is C23H32FIN4O. The van der Waals surface area contributed by atoms with Crippen molar-refractivity contribution < 1.29 is 9.13 Å². The van der Waals surface area contributed by atoms with Crippen LogP contribution in [0.25, 0.3) is 0 Å². The van der Waals surface area contributed by atoms with Gasteiger partial charge in [0, 0.05) is 38.5 Å². The second-order valence-electron chi connectivity index (χ2n) is 7.24. The maximum absolute atomic E-state index is 13.2. The Hall–Kier alpha value is -1.87. The summed E-state index contributed by atoms with van der Waals surface area (Å²) in [5.74, 6) is 0.554. The van der Waals surface area contributed by atoms with Gasteiger partial charge in [-0.05, 0) is 49.6 Å². The second-order valence-corrected chi connectivity index (χ2v) is 7.24. The van der Waals surface area contributed by atoms with E-state index in [4.69, 9.17) is 9.73 Å². The molecule has 0 aromatic heterocycles. The van der Waals surface area contributed by atoms with Crippen LogP contribution in [0.2, 0.25) is 0 Å². The highest BCUT2D eigenvalue weighted by molar-refractivity contribution is 14.0. The molecular weight excluding hydrogens is 494 g/mol. The van der Waals surface area contributed by atoms with Gasteiger partial charge >= 0.3 is 0 Å². The van der Waals surface area contributed by atoms with E-state index in [-0.39, 0.29) is 35.9 Å². The first-order chi connectivity index (χ1) is 14.2. The highest BCUT2D eigenvalue weighted by atomic mass is 127. The van der Waals surface area contributed by atoms with Crippen molar-refractivity contribution in [2.45, 2.75) is 31.9 Å². The fraction of sp³-hybridized carbons (Fsp3) is 0.435. The number of anilines is 1. The van der Waals surface area contributed by atoms with Gasteiger partial charge in [-0.2, -0.15) is 0 Å². The number of nitrogens with zero attached hydrogens (tertiary/aromatic N) is 2. The lowest BCUT2D eigenvalue weighted by Gasteiger charge is -2.34. The summed E-state index contributed by atoms with van der Waals surface area (Å²) in [6.45, 7) is 5.38. The number of methoxy groups -OCH3 is 1. The molecule has 2 aromatic rings. The Bertz CT molecular complexity index is 765. The van der Waals surface area contributed by atoms with Gasteiger partial charge in [0.25, 0.3) is 0 Å². The van der Waals surface area contributed by atoms with Crippen LogP contribution in [0.1, 0.15) is 31.4 Å². The van der Waals surface area contributed by atoms with Crippen molar-refractivity contribution in [2.24, 2.45) is 4.99 Å². The van der Waals surface area contributed by atoms with E-state index in [1.807, 2.05) is 0 Å². The van der Waals surface area contributed by atoms with Crippen LogP contribution in [0.15, 0.2) is 59.6 Å². The number of nitrogens with one attached hydrogen (secondary N) is 2. The first-order valence-corrected chi connectivity index (χ1v) is 10.3. The van der Waals surface area contributed by atoms with Crippen LogP contribution in [-0.4, -0.2) is 45.3 Å². The van der Waals surface area contributed by atoms with E-state index in [1.54, 1.807) is 19.2 Å². The third-order valence-electron chi connectivity index (χ3n) is 5.24. The Morgan fingerprint density at radius 3 is 2.40 bits per heavy atom. The molecule has 0 bridgehead atoms. The summed E-state index contributed by atoms with van der Waals surface area (Å²) in [5, 5.41) is 6.89. The molecule has 0 spiro atoms. The second kappa shape index (κ2) is 12.7. The van der Waals surface area contributed by atoms with Crippen LogP contribution >= 0.6 is 24.0 Å². The van der Waals surface area contributed by atoms with Crippen molar-refractivity contribution in [3.8, 4) is 0 Å².